The second-order valence-corrected chi connectivity index (χ2v) is 7.10. The molecule has 0 saturated carbocycles. The molecule has 14 heteroatoms. The summed E-state index contributed by atoms with van der Waals surface area (Å²) in [5.41, 5.74) is 5.31. The van der Waals surface area contributed by atoms with Gasteiger partial charge in [-0.05, 0) is 5.57 Å². The van der Waals surface area contributed by atoms with Crippen LogP contribution in [-0.2, 0) is 24.0 Å². The van der Waals surface area contributed by atoms with Gasteiger partial charge in [0.05, 0.1) is 6.61 Å². The number of hydrogen-bond acceptors (Lipinski definition) is 11. The molecule has 0 radical (unpaired) electrons. The topological polar surface area (TPSA) is 193 Å². The molecule has 0 aliphatic carbocycles. The van der Waals surface area contributed by atoms with Gasteiger partial charge in [-0.25, -0.2) is 4.79 Å². The van der Waals surface area contributed by atoms with E-state index >= 15 is 0 Å². The van der Waals surface area contributed by atoms with Crippen LogP contribution in [0.3, 0.4) is 0 Å². The minimum Gasteiger partial charge on any atom is -0.477 e. The van der Waals surface area contributed by atoms with Crippen LogP contribution in [0.1, 0.15) is 5.69 Å². The quantitative estimate of drug-likeness (QED) is 0.193. The molecule has 3 heterocycles. The summed E-state index contributed by atoms with van der Waals surface area (Å²) in [6.45, 7) is -0.351. The Morgan fingerprint density at radius 2 is 2.37 bits per heavy atom. The molecule has 158 valence electrons. The highest BCUT2D eigenvalue weighted by Crippen LogP contribution is 2.40. The number of nitrogens with one attached hydrogen (secondary N) is 1. The van der Waals surface area contributed by atoms with Crippen molar-refractivity contribution in [3.63, 3.8) is 0 Å². The molecule has 0 spiro atoms. The maximum absolute atomic E-state index is 12.7. The van der Waals surface area contributed by atoms with E-state index in [-0.39, 0.29) is 29.7 Å². The number of rotatable bonds is 8. The van der Waals surface area contributed by atoms with Crippen LogP contribution in [0.2, 0.25) is 0 Å². The van der Waals surface area contributed by atoms with Gasteiger partial charge in [0.1, 0.15) is 35.1 Å². The predicted molar refractivity (Wildman–Crippen MR) is 101 cm³/mol. The number of carbonyl (C=O) groups excluding carboxylic acids is 2. The number of nitriles is 1. The molecular weight excluding hydrogens is 420 g/mol. The molecular formula is C16H16N6O7S. The third kappa shape index (κ3) is 3.93. The number of hydrogen-bond donors (Lipinski definition) is 3. The summed E-state index contributed by atoms with van der Waals surface area (Å²) in [5.74, 6) is -2.36. The third-order valence-corrected chi connectivity index (χ3v) is 5.46. The number of β-lactam (4-membered cyclic amide) rings is 1. The van der Waals surface area contributed by atoms with Gasteiger partial charge in [-0.3, -0.25) is 14.5 Å². The number of methoxy groups -OCH3 is 1. The minimum absolute atomic E-state index is 0.0589. The smallest absolute Gasteiger partial charge is 0.352 e. The van der Waals surface area contributed by atoms with Gasteiger partial charge in [-0.2, -0.15) is 10.2 Å². The van der Waals surface area contributed by atoms with E-state index < -0.39 is 35.8 Å². The number of anilines is 1. The minimum atomic E-state index is -1.25. The van der Waals surface area contributed by atoms with E-state index in [0.29, 0.717) is 11.3 Å². The number of oxime groups is 1. The highest BCUT2D eigenvalue weighted by Gasteiger charge is 2.54. The first kappa shape index (κ1) is 21.1. The maximum atomic E-state index is 12.7. The van der Waals surface area contributed by atoms with Gasteiger partial charge in [-0.1, -0.05) is 5.16 Å². The zero-order valence-corrected chi connectivity index (χ0v) is 16.3. The van der Waals surface area contributed by atoms with Crippen molar-refractivity contribution in [3.05, 3.63) is 23.2 Å². The monoisotopic (exact) mass is 436 g/mol. The molecule has 0 unspecified atom stereocenters. The molecule has 1 saturated heterocycles. The number of carboxylic acids is 1. The molecule has 4 N–H and O–H groups in total. The average molecular weight is 436 g/mol. The zero-order valence-electron chi connectivity index (χ0n) is 15.5. The van der Waals surface area contributed by atoms with Gasteiger partial charge in [0.15, 0.2) is 5.71 Å². The van der Waals surface area contributed by atoms with Crippen LogP contribution in [0.4, 0.5) is 6.01 Å². The van der Waals surface area contributed by atoms with Crippen LogP contribution in [0.25, 0.3) is 0 Å². The fourth-order valence-electron chi connectivity index (χ4n) is 2.90. The van der Waals surface area contributed by atoms with Crippen LogP contribution in [0, 0.1) is 11.3 Å². The Hall–Kier alpha value is -3.57. The van der Waals surface area contributed by atoms with Crippen LogP contribution >= 0.6 is 11.8 Å². The predicted octanol–water partition coefficient (Wildman–Crippen LogP) is -1.11. The number of oxazole rings is 1. The Morgan fingerprint density at radius 3 is 2.97 bits per heavy atom. The van der Waals surface area contributed by atoms with Gasteiger partial charge in [0.2, 0.25) is 6.61 Å². The number of nitrogen functional groups attached to an aromatic ring is 1. The van der Waals surface area contributed by atoms with Crippen molar-refractivity contribution in [1.82, 2.24) is 15.2 Å². The van der Waals surface area contributed by atoms with Gasteiger partial charge in [-0.15, -0.1) is 11.8 Å². The summed E-state index contributed by atoms with van der Waals surface area (Å²) in [5, 5.41) is 23.5. The number of carbonyl (C=O) groups is 3. The summed E-state index contributed by atoms with van der Waals surface area (Å²) in [6.07, 6.45) is 1.07. The van der Waals surface area contributed by atoms with Crippen molar-refractivity contribution in [1.29, 1.82) is 5.26 Å². The molecule has 1 aromatic heterocycles. The van der Waals surface area contributed by atoms with Crippen molar-refractivity contribution >= 4 is 41.3 Å². The fraction of sp³-hybridized carbons (Fsp3) is 0.375. The molecule has 2 amide bonds. The standard InChI is InChI=1S/C16H16N6O7S/c1-27-4-7-6-30-14-10(13(24)22(14)11(7)15(25)26)20-12(23)9(21-29-3-2-17)8-5-28-16(18)19-8/h5,10,14H,3-4,6H2,1H3,(H2,18,19)(H,20,23)(H,25,26)/b21-9-/t10-,14-/m1/s1. The number of carboxylic acid groups (broad SMARTS) is 1. The Bertz CT molecular complexity index is 981. The summed E-state index contributed by atoms with van der Waals surface area (Å²) in [6, 6.07) is 0.476. The molecule has 2 aliphatic rings. The van der Waals surface area contributed by atoms with E-state index in [1.54, 1.807) is 6.07 Å². The molecule has 1 fully saturated rings. The summed E-state index contributed by atoms with van der Waals surface area (Å²) >= 11 is 1.29. The first-order valence-electron chi connectivity index (χ1n) is 8.37. The van der Waals surface area contributed by atoms with Crippen molar-refractivity contribution < 1.29 is 33.5 Å². The Balaban J connectivity index is 1.79. The molecule has 0 bridgehead atoms. The second kappa shape index (κ2) is 8.84. The molecule has 1 aromatic rings. The highest BCUT2D eigenvalue weighted by atomic mass is 32.2. The normalized spacial score (nSPS) is 20.9. The van der Waals surface area contributed by atoms with E-state index in [0.717, 1.165) is 11.2 Å². The number of thioether (sulfide) groups is 1. The first-order chi connectivity index (χ1) is 14.4. The lowest BCUT2D eigenvalue weighted by atomic mass is 10.0. The van der Waals surface area contributed by atoms with Crippen LogP contribution in [0.5, 0.6) is 0 Å². The third-order valence-electron chi connectivity index (χ3n) is 4.12. The number of aliphatic carboxylic acids is 1. The van der Waals surface area contributed by atoms with Crippen molar-refractivity contribution in [2.24, 2.45) is 5.16 Å². The molecule has 13 nitrogen and oxygen atoms in total. The van der Waals surface area contributed by atoms with Gasteiger partial charge < -0.3 is 30.1 Å². The molecule has 2 atom stereocenters. The lowest BCUT2D eigenvalue weighted by molar-refractivity contribution is -0.150. The Kier molecular flexibility index (Phi) is 6.23. The molecule has 0 aromatic carbocycles. The number of nitrogens with zero attached hydrogens (tertiary/aromatic N) is 4. The number of nitrogens with two attached hydrogens (primary N) is 1. The van der Waals surface area contributed by atoms with Gasteiger partial charge in [0.25, 0.3) is 17.8 Å². The van der Waals surface area contributed by atoms with Crippen molar-refractivity contribution in [3.8, 4) is 6.07 Å². The lowest BCUT2D eigenvalue weighted by Crippen LogP contribution is -2.71. The number of amides is 2. The van der Waals surface area contributed by atoms with Crippen LogP contribution in [-0.4, -0.2) is 76.0 Å². The molecule has 30 heavy (non-hydrogen) atoms. The number of fused-ring (bicyclic) bond motifs is 1. The summed E-state index contributed by atoms with van der Waals surface area (Å²) in [7, 11) is 1.43. The summed E-state index contributed by atoms with van der Waals surface area (Å²) in [4.78, 5) is 46.6. The average Bonchev–Trinajstić information content (AvgIpc) is 3.14. The maximum Gasteiger partial charge on any atom is 0.352 e. The van der Waals surface area contributed by atoms with Crippen molar-refractivity contribution in [2.75, 3.05) is 31.8 Å². The highest BCUT2D eigenvalue weighted by molar-refractivity contribution is 8.00. The number of aromatic nitrogens is 1. The van der Waals surface area contributed by atoms with E-state index in [2.05, 4.69) is 15.5 Å². The SMILES string of the molecule is COCC1=C(C(=O)O)N2C(=O)[C@@H](NC(=O)/C(=N\OCC#N)c3coc(N)n3)[C@H]2SC1. The van der Waals surface area contributed by atoms with Gasteiger partial charge in [0, 0.05) is 12.9 Å². The Labute approximate surface area is 173 Å². The largest absolute Gasteiger partial charge is 0.477 e. The molecule has 3 rings (SSSR count). The van der Waals surface area contributed by atoms with E-state index in [1.807, 2.05) is 0 Å². The van der Waals surface area contributed by atoms with Gasteiger partial charge >= 0.3 is 5.97 Å². The summed E-state index contributed by atoms with van der Waals surface area (Å²) < 4.78 is 9.86. The van der Waals surface area contributed by atoms with E-state index in [1.165, 1.54) is 18.9 Å². The second-order valence-electron chi connectivity index (χ2n) is 5.99. The first-order valence-corrected chi connectivity index (χ1v) is 9.42. The van der Waals surface area contributed by atoms with Crippen LogP contribution < -0.4 is 11.1 Å². The van der Waals surface area contributed by atoms with E-state index in [9.17, 15) is 19.5 Å². The van der Waals surface area contributed by atoms with Crippen LogP contribution in [0.15, 0.2) is 27.1 Å². The molecule has 2 aliphatic heterocycles. The van der Waals surface area contributed by atoms with Crippen molar-refractivity contribution in [2.45, 2.75) is 11.4 Å². The zero-order chi connectivity index (χ0) is 21.8. The fourth-order valence-corrected chi connectivity index (χ4v) is 4.23. The Morgan fingerprint density at radius 1 is 1.60 bits per heavy atom. The van der Waals surface area contributed by atoms with E-state index in [4.69, 9.17) is 25.0 Å². The lowest BCUT2D eigenvalue weighted by Gasteiger charge is -2.49. The number of ether oxygens (including phenoxy) is 1.